The van der Waals surface area contributed by atoms with Crippen LogP contribution in [0.3, 0.4) is 0 Å². The van der Waals surface area contributed by atoms with Crippen LogP contribution in [-0.2, 0) is 23.3 Å². The van der Waals surface area contributed by atoms with Crippen molar-refractivity contribution in [2.45, 2.75) is 138 Å². The first-order valence-corrected chi connectivity index (χ1v) is 28.3. The fourth-order valence-corrected chi connectivity index (χ4v) is 10.5. The van der Waals surface area contributed by atoms with E-state index in [9.17, 15) is 27.1 Å². The molecule has 0 aliphatic rings. The maximum atomic E-state index is 14.5. The minimum absolute atomic E-state index is 0. The smallest absolute Gasteiger partial charge is 0.0120 e. The molecule has 0 bridgehead atoms. The predicted molar refractivity (Wildman–Crippen MR) is 280 cm³/mol. The van der Waals surface area contributed by atoms with E-state index in [-0.39, 0.29) is 26.1 Å². The molecule has 0 atom stereocenters. The minimum Gasteiger partial charge on any atom is -1.00 e. The first-order chi connectivity index (χ1) is 32.3. The van der Waals surface area contributed by atoms with Gasteiger partial charge in [-0.15, -0.1) is 0 Å². The molecule has 376 valence electrons. The van der Waals surface area contributed by atoms with Crippen LogP contribution in [0.4, 0.5) is 27.6 Å². The van der Waals surface area contributed by atoms with Gasteiger partial charge in [0.05, 0.1) is 0 Å². The van der Waals surface area contributed by atoms with Gasteiger partial charge in [0.15, 0.2) is 0 Å². The van der Waals surface area contributed by atoms with Crippen molar-refractivity contribution in [3.05, 3.63) is 171 Å². The van der Waals surface area contributed by atoms with Crippen molar-refractivity contribution < 1.29 is 57.4 Å². The number of benzene rings is 6. The Morgan fingerprint density at radius 1 is 0.500 bits per heavy atom. The van der Waals surface area contributed by atoms with Gasteiger partial charge in [-0.1, -0.05) is 170 Å². The Morgan fingerprint density at radius 2 is 0.843 bits per heavy atom. The summed E-state index contributed by atoms with van der Waals surface area (Å²) in [6.45, 7) is 35.3. The van der Waals surface area contributed by atoms with Crippen LogP contribution >= 0.6 is 7.92 Å². The van der Waals surface area contributed by atoms with E-state index in [1.165, 1.54) is 38.7 Å². The first-order valence-electron chi connectivity index (χ1n) is 24.0. The second-order valence-electron chi connectivity index (χ2n) is 20.3. The van der Waals surface area contributed by atoms with Gasteiger partial charge in [0.2, 0.25) is 0 Å². The SMILES string of the molecule is CC(C)([CH]=[Mo+2]=[N]c1c(F)c(F)c(F)c(F)c1F)c1ccccc1.CC(C)c1cc(C(C)C)c(-c2cccc(-c3c(C(C)C)cc(C(C)C)cc3C(C)C)c2[O-])c(C(C)C)c1.CP(C)c1ccccc1.[Cl-]. The van der Waals surface area contributed by atoms with Gasteiger partial charge in [-0.2, -0.15) is 0 Å². The molecule has 0 aliphatic carbocycles. The molecular formula is C60H72ClF5MoNOP. The molecule has 0 saturated heterocycles. The monoisotopic (exact) mass is 1080 g/mol. The van der Waals surface area contributed by atoms with Crippen LogP contribution in [0.5, 0.6) is 5.75 Å². The van der Waals surface area contributed by atoms with Crippen molar-refractivity contribution in [2.24, 2.45) is 3.50 Å². The van der Waals surface area contributed by atoms with Crippen LogP contribution in [0.15, 0.2) is 107 Å². The molecule has 0 N–H and O–H groups in total. The number of hydrogen-bond donors (Lipinski definition) is 0. The third-order valence-corrected chi connectivity index (χ3v) is 16.0. The number of halogens is 6. The Kier molecular flexibility index (Phi) is 22.8. The van der Waals surface area contributed by atoms with Gasteiger partial charge in [0.25, 0.3) is 0 Å². The van der Waals surface area contributed by atoms with E-state index >= 15 is 0 Å². The van der Waals surface area contributed by atoms with Gasteiger partial charge in [0.1, 0.15) is 0 Å². The van der Waals surface area contributed by atoms with E-state index in [2.05, 4.69) is 173 Å². The summed E-state index contributed by atoms with van der Waals surface area (Å²) in [5, 5.41) is 16.0. The second kappa shape index (κ2) is 26.5. The van der Waals surface area contributed by atoms with Crippen molar-refractivity contribution >= 4 is 23.3 Å². The molecule has 0 aromatic heterocycles. The molecule has 0 fully saturated rings. The standard InChI is InChI=1S/C36H50O.C10H12.C8H11P.C6F5N.ClH.Mo/c1-20(2)26-16-30(22(5)6)34(31(17-26)23(7)8)28-14-13-15-29(36(28)37)35-32(24(9)10)18-27(21(3)4)19-33(35)25(11)12;1-10(2,3)9-7-5-4-6-8-9;1-9(2)8-6-4-3-5-7-8;7-1-2(8)4(10)6(12)5(11)3(1)9;;/h13-25,37H,1-12H3;1,4-8H,2-3H3;3-7H,1-2H3;;1H;/q;;;;;+2/p-2. The zero-order chi connectivity index (χ0) is 51.7. The summed E-state index contributed by atoms with van der Waals surface area (Å²) >= 11 is -1.47. The normalized spacial score (nSPS) is 11.4. The summed E-state index contributed by atoms with van der Waals surface area (Å²) in [4.78, 5) is 0. The summed E-state index contributed by atoms with van der Waals surface area (Å²) < 4.78 is 71.7. The van der Waals surface area contributed by atoms with Gasteiger partial charge in [-0.3, -0.25) is 0 Å². The van der Waals surface area contributed by atoms with E-state index in [1.54, 1.807) is 4.40 Å². The number of hydrogen-bond acceptors (Lipinski definition) is 2. The van der Waals surface area contributed by atoms with Gasteiger partial charge in [0, 0.05) is 0 Å². The summed E-state index contributed by atoms with van der Waals surface area (Å²) in [7, 11) is 0.104. The van der Waals surface area contributed by atoms with Crippen LogP contribution < -0.4 is 22.8 Å². The molecule has 0 radical (unpaired) electrons. The van der Waals surface area contributed by atoms with E-state index in [0.717, 1.165) is 27.8 Å². The summed E-state index contributed by atoms with van der Waals surface area (Å²) in [6.07, 6.45) is 0. The Labute approximate surface area is 432 Å². The zero-order valence-corrected chi connectivity index (χ0v) is 47.5. The van der Waals surface area contributed by atoms with Crippen LogP contribution in [0, 0.1) is 29.1 Å². The predicted octanol–water partition coefficient (Wildman–Crippen LogP) is 15.0. The zero-order valence-electron chi connectivity index (χ0n) is 43.8. The minimum atomic E-state index is -2.17. The van der Waals surface area contributed by atoms with Crippen molar-refractivity contribution in [2.75, 3.05) is 13.3 Å². The average molecular weight is 1080 g/mol. The van der Waals surface area contributed by atoms with Gasteiger partial charge in [-0.05, 0) is 110 Å². The molecule has 0 amide bonds. The first kappa shape index (κ1) is 60.2. The van der Waals surface area contributed by atoms with Crippen LogP contribution in [0.25, 0.3) is 22.3 Å². The Bertz CT molecular complexity index is 2560. The molecule has 0 saturated carbocycles. The van der Waals surface area contributed by atoms with Crippen LogP contribution in [0.2, 0.25) is 0 Å². The molecule has 10 heteroatoms. The van der Waals surface area contributed by atoms with Gasteiger partial charge >= 0.3 is 138 Å². The number of nitrogens with zero attached hydrogens (tertiary/aromatic N) is 1. The molecular weight excluding hydrogens is 1010 g/mol. The van der Waals surface area contributed by atoms with Crippen LogP contribution in [-0.4, -0.2) is 17.7 Å². The fourth-order valence-electron chi connectivity index (χ4n) is 8.01. The summed E-state index contributed by atoms with van der Waals surface area (Å²) in [6, 6.07) is 35.6. The fraction of sp³-hybridized carbons (Fsp3) is 0.383. The summed E-state index contributed by atoms with van der Waals surface area (Å²) in [5.41, 5.74) is 11.3. The molecule has 6 aromatic carbocycles. The van der Waals surface area contributed by atoms with Crippen molar-refractivity contribution in [1.29, 1.82) is 0 Å². The largest absolute Gasteiger partial charge is 1.00 e. The van der Waals surface area contributed by atoms with E-state index in [4.69, 9.17) is 0 Å². The molecule has 70 heavy (non-hydrogen) atoms. The third kappa shape index (κ3) is 14.7. The maximum absolute atomic E-state index is 14.5. The summed E-state index contributed by atoms with van der Waals surface area (Å²) in [5.74, 6) is -7.53. The maximum Gasteiger partial charge on any atom is -0.0120 e. The van der Waals surface area contributed by atoms with E-state index < -0.39 is 58.1 Å². The Morgan fingerprint density at radius 3 is 1.16 bits per heavy atom. The van der Waals surface area contributed by atoms with E-state index in [1.807, 2.05) is 44.2 Å². The quantitative estimate of drug-likeness (QED) is 0.0395. The molecule has 6 aromatic rings. The average Bonchev–Trinajstić information content (AvgIpc) is 3.31. The van der Waals surface area contributed by atoms with Crippen LogP contribution in [0.1, 0.15) is 171 Å². The van der Waals surface area contributed by atoms with E-state index in [0.29, 0.717) is 35.5 Å². The molecule has 2 nitrogen and oxygen atoms in total. The third-order valence-electron chi connectivity index (χ3n) is 12.3. The number of para-hydroxylation sites is 1. The Balaban J connectivity index is 0.000000331. The van der Waals surface area contributed by atoms with Gasteiger partial charge < -0.3 is 17.5 Å². The van der Waals surface area contributed by atoms with Gasteiger partial charge in [-0.25, -0.2) is 0 Å². The van der Waals surface area contributed by atoms with Crippen molar-refractivity contribution in [1.82, 2.24) is 0 Å². The molecule has 6 rings (SSSR count). The second-order valence-corrected chi connectivity index (χ2v) is 24.2. The topological polar surface area (TPSA) is 35.4 Å². The van der Waals surface area contributed by atoms with Crippen molar-refractivity contribution in [3.63, 3.8) is 0 Å². The molecule has 0 unspecified atom stereocenters. The van der Waals surface area contributed by atoms with Crippen molar-refractivity contribution in [3.8, 4) is 28.0 Å². The molecule has 0 aliphatic heterocycles. The Hall–Kier alpha value is -4.15. The molecule has 0 spiro atoms. The molecule has 0 heterocycles. The number of rotatable bonds is 12.